The predicted molar refractivity (Wildman–Crippen MR) is 85.8 cm³/mol. The number of nitrogens with two attached hydrogens (primary N) is 1. The lowest BCUT2D eigenvalue weighted by molar-refractivity contribution is 0.617. The third kappa shape index (κ3) is 2.37. The van der Waals surface area contributed by atoms with Gasteiger partial charge in [0.15, 0.2) is 0 Å². The van der Waals surface area contributed by atoms with Gasteiger partial charge in [-0.15, -0.1) is 0 Å². The Kier molecular flexibility index (Phi) is 3.90. The summed E-state index contributed by atoms with van der Waals surface area (Å²) >= 11 is 0. The molecule has 0 saturated heterocycles. The molecule has 5 heteroatoms. The fraction of sp³-hybridized carbons (Fsp3) is 0.294. The van der Waals surface area contributed by atoms with Crippen LogP contribution < -0.4 is 11.3 Å². The maximum absolute atomic E-state index is 14.1. The minimum Gasteiger partial charge on any atom is -0.321 e. The van der Waals surface area contributed by atoms with E-state index in [-0.39, 0.29) is 11.4 Å². The van der Waals surface area contributed by atoms with Crippen molar-refractivity contribution in [1.82, 2.24) is 9.55 Å². The van der Waals surface area contributed by atoms with Crippen molar-refractivity contribution in [3.05, 3.63) is 58.4 Å². The van der Waals surface area contributed by atoms with Crippen molar-refractivity contribution < 1.29 is 4.39 Å². The zero-order valence-corrected chi connectivity index (χ0v) is 12.4. The van der Waals surface area contributed by atoms with Crippen molar-refractivity contribution in [3.63, 3.8) is 0 Å². The van der Waals surface area contributed by atoms with E-state index in [0.717, 1.165) is 12.8 Å². The van der Waals surface area contributed by atoms with Crippen LogP contribution in [0.5, 0.6) is 0 Å². The normalized spacial score (nSPS) is 15.9. The lowest BCUT2D eigenvalue weighted by atomic mass is 10.1. The van der Waals surface area contributed by atoms with Crippen LogP contribution in [0.3, 0.4) is 0 Å². The first-order chi connectivity index (χ1) is 10.6. The number of aromatic nitrogens is 2. The number of benzene rings is 1. The van der Waals surface area contributed by atoms with Crippen molar-refractivity contribution in [2.75, 3.05) is 0 Å². The van der Waals surface area contributed by atoms with Gasteiger partial charge in [0, 0.05) is 5.70 Å². The Morgan fingerprint density at radius 3 is 2.91 bits per heavy atom. The highest BCUT2D eigenvalue weighted by molar-refractivity contribution is 5.79. The van der Waals surface area contributed by atoms with Gasteiger partial charge in [-0.3, -0.25) is 9.36 Å². The van der Waals surface area contributed by atoms with E-state index >= 15 is 0 Å². The summed E-state index contributed by atoms with van der Waals surface area (Å²) in [6.07, 6.45) is 8.24. The Morgan fingerprint density at radius 2 is 2.23 bits per heavy atom. The average Bonchev–Trinajstić information content (AvgIpc) is 2.54. The summed E-state index contributed by atoms with van der Waals surface area (Å²) in [6.45, 7) is 1.93. The summed E-state index contributed by atoms with van der Waals surface area (Å²) in [7, 11) is 0. The Hall–Kier alpha value is -2.27. The van der Waals surface area contributed by atoms with Crippen LogP contribution in [-0.4, -0.2) is 9.55 Å². The Balaban J connectivity index is 2.38. The lowest BCUT2D eigenvalue weighted by Crippen LogP contribution is -2.29. The molecule has 0 fully saturated rings. The molecule has 1 atom stereocenters. The molecule has 0 amide bonds. The van der Waals surface area contributed by atoms with Crippen LogP contribution >= 0.6 is 0 Å². The molecule has 1 unspecified atom stereocenters. The number of fused-ring (bicyclic) bond motifs is 1. The fourth-order valence-electron chi connectivity index (χ4n) is 2.65. The number of hydrogen-bond donors (Lipinski definition) is 1. The molecular weight excluding hydrogens is 281 g/mol. The first kappa shape index (κ1) is 14.7. The van der Waals surface area contributed by atoms with Gasteiger partial charge in [0.1, 0.15) is 17.0 Å². The number of rotatable bonds is 3. The average molecular weight is 299 g/mol. The molecule has 1 aromatic heterocycles. The number of nitrogens with zero attached hydrogens (tertiary/aromatic N) is 2. The van der Waals surface area contributed by atoms with Gasteiger partial charge in [-0.25, -0.2) is 9.37 Å². The van der Waals surface area contributed by atoms with Crippen LogP contribution in [0.25, 0.3) is 16.6 Å². The zero-order valence-electron chi connectivity index (χ0n) is 12.4. The van der Waals surface area contributed by atoms with Crippen LogP contribution in [0.4, 0.5) is 4.39 Å². The van der Waals surface area contributed by atoms with E-state index in [1.807, 2.05) is 25.2 Å². The molecule has 0 radical (unpaired) electrons. The minimum atomic E-state index is -0.555. The van der Waals surface area contributed by atoms with E-state index in [1.54, 1.807) is 12.1 Å². The van der Waals surface area contributed by atoms with Crippen molar-refractivity contribution in [1.29, 1.82) is 0 Å². The number of hydrogen-bond acceptors (Lipinski definition) is 3. The highest BCUT2D eigenvalue weighted by Gasteiger charge is 2.19. The third-order valence-electron chi connectivity index (χ3n) is 3.88. The Bertz CT molecular complexity index is 836. The third-order valence-corrected chi connectivity index (χ3v) is 3.88. The molecule has 0 spiro atoms. The second kappa shape index (κ2) is 5.85. The van der Waals surface area contributed by atoms with Crippen LogP contribution in [0.1, 0.15) is 38.1 Å². The van der Waals surface area contributed by atoms with Gasteiger partial charge in [0.2, 0.25) is 0 Å². The molecule has 1 heterocycles. The molecule has 22 heavy (non-hydrogen) atoms. The highest BCUT2D eigenvalue weighted by Crippen LogP contribution is 2.22. The van der Waals surface area contributed by atoms with Gasteiger partial charge < -0.3 is 5.73 Å². The number of allylic oxidation sites excluding steroid dienone is 4. The van der Waals surface area contributed by atoms with Crippen LogP contribution in [0.2, 0.25) is 0 Å². The summed E-state index contributed by atoms with van der Waals surface area (Å²) in [5, 5.41) is 0.00873. The molecule has 4 nitrogen and oxygen atoms in total. The quantitative estimate of drug-likeness (QED) is 0.947. The van der Waals surface area contributed by atoms with Crippen molar-refractivity contribution in [2.24, 2.45) is 5.73 Å². The van der Waals surface area contributed by atoms with E-state index in [9.17, 15) is 9.18 Å². The van der Waals surface area contributed by atoms with E-state index < -0.39 is 11.4 Å². The van der Waals surface area contributed by atoms with Crippen LogP contribution in [0.15, 0.2) is 41.2 Å². The topological polar surface area (TPSA) is 60.9 Å². The second-order valence-electron chi connectivity index (χ2n) is 5.37. The van der Waals surface area contributed by atoms with Gasteiger partial charge in [0.05, 0.1) is 11.6 Å². The van der Waals surface area contributed by atoms with Crippen LogP contribution in [-0.2, 0) is 0 Å². The first-order valence-electron chi connectivity index (χ1n) is 7.47. The van der Waals surface area contributed by atoms with E-state index in [4.69, 9.17) is 5.73 Å². The summed E-state index contributed by atoms with van der Waals surface area (Å²) in [5.74, 6) is -0.0795. The van der Waals surface area contributed by atoms with Crippen molar-refractivity contribution in [2.45, 2.75) is 32.2 Å². The molecule has 114 valence electrons. The molecular formula is C17H18FN3O. The summed E-state index contributed by atoms with van der Waals surface area (Å²) < 4.78 is 15.5. The molecule has 0 bridgehead atoms. The summed E-state index contributed by atoms with van der Waals surface area (Å²) in [6, 6.07) is 4.09. The van der Waals surface area contributed by atoms with E-state index in [0.29, 0.717) is 23.5 Å². The summed E-state index contributed by atoms with van der Waals surface area (Å²) in [5.41, 5.74) is 6.79. The predicted octanol–water partition coefficient (Wildman–Crippen LogP) is 3.14. The minimum absolute atomic E-state index is 0.00873. The lowest BCUT2D eigenvalue weighted by Gasteiger charge is -2.19. The number of halogens is 1. The molecule has 1 aliphatic carbocycles. The SMILES string of the molecule is CCC(N)c1nc2cccc(F)c2c(=O)n1C1=CCCC=C1. The Morgan fingerprint density at radius 1 is 1.41 bits per heavy atom. The van der Waals surface area contributed by atoms with Crippen molar-refractivity contribution >= 4 is 16.6 Å². The fourth-order valence-corrected chi connectivity index (χ4v) is 2.65. The van der Waals surface area contributed by atoms with Crippen molar-refractivity contribution in [3.8, 4) is 0 Å². The van der Waals surface area contributed by atoms with Gasteiger partial charge >= 0.3 is 0 Å². The second-order valence-corrected chi connectivity index (χ2v) is 5.37. The maximum Gasteiger partial charge on any atom is 0.268 e. The zero-order chi connectivity index (χ0) is 15.7. The van der Waals surface area contributed by atoms with E-state index in [2.05, 4.69) is 4.98 Å². The van der Waals surface area contributed by atoms with Gasteiger partial charge in [0.25, 0.3) is 5.56 Å². The standard InChI is InChI=1S/C17H18FN3O/c1-2-13(19)16-20-14-10-6-9-12(18)15(14)17(22)21(16)11-7-4-3-5-8-11/h4,6-10,13H,2-3,5,19H2,1H3. The molecule has 1 aliphatic rings. The summed E-state index contributed by atoms with van der Waals surface area (Å²) in [4.78, 5) is 17.3. The monoisotopic (exact) mass is 299 g/mol. The molecule has 3 rings (SSSR count). The van der Waals surface area contributed by atoms with Gasteiger partial charge in [-0.2, -0.15) is 0 Å². The van der Waals surface area contributed by atoms with E-state index in [1.165, 1.54) is 10.6 Å². The maximum atomic E-state index is 14.1. The van der Waals surface area contributed by atoms with Gasteiger partial charge in [-0.1, -0.05) is 25.1 Å². The smallest absolute Gasteiger partial charge is 0.268 e. The molecule has 0 saturated carbocycles. The molecule has 1 aromatic carbocycles. The molecule has 2 N–H and O–H groups in total. The molecule has 2 aromatic rings. The largest absolute Gasteiger partial charge is 0.321 e. The van der Waals surface area contributed by atoms with Gasteiger partial charge in [-0.05, 0) is 37.5 Å². The Labute approximate surface area is 127 Å². The van der Waals surface area contributed by atoms with Crippen LogP contribution in [0, 0.1) is 5.82 Å². The highest BCUT2D eigenvalue weighted by atomic mass is 19.1. The first-order valence-corrected chi connectivity index (χ1v) is 7.47. The molecule has 0 aliphatic heterocycles.